The SMILES string of the molecule is C[C@@H](Sc1nnnn1C[C@H]1CCCO1)C(=O)C12CC3CC(CC(C3)C1)C2. The molecule has 0 N–H and O–H groups in total. The zero-order chi connectivity index (χ0) is 17.7. The molecule has 0 spiro atoms. The molecule has 0 aromatic carbocycles. The van der Waals surface area contributed by atoms with Crippen molar-refractivity contribution >= 4 is 17.5 Å². The molecular weight excluding hydrogens is 348 g/mol. The van der Waals surface area contributed by atoms with Crippen molar-refractivity contribution in [2.45, 2.75) is 81.3 Å². The first-order valence-electron chi connectivity index (χ1n) is 10.2. The number of nitrogens with zero attached hydrogens (tertiary/aromatic N) is 4. The van der Waals surface area contributed by atoms with Gasteiger partial charge in [0.25, 0.3) is 0 Å². The molecule has 2 heterocycles. The van der Waals surface area contributed by atoms with Crippen LogP contribution in [-0.4, -0.2) is 44.0 Å². The second-order valence-corrected chi connectivity index (χ2v) is 10.4. The fraction of sp³-hybridized carbons (Fsp3) is 0.895. The van der Waals surface area contributed by atoms with E-state index in [4.69, 9.17) is 4.74 Å². The topological polar surface area (TPSA) is 69.9 Å². The molecule has 4 saturated carbocycles. The molecule has 5 fully saturated rings. The molecule has 1 saturated heterocycles. The minimum Gasteiger partial charge on any atom is -0.376 e. The van der Waals surface area contributed by atoms with Crippen molar-refractivity contribution in [2.75, 3.05) is 6.61 Å². The van der Waals surface area contributed by atoms with E-state index in [9.17, 15) is 4.79 Å². The van der Waals surface area contributed by atoms with E-state index in [0.717, 1.165) is 61.6 Å². The first-order valence-corrected chi connectivity index (χ1v) is 11.1. The highest BCUT2D eigenvalue weighted by atomic mass is 32.2. The van der Waals surface area contributed by atoms with Crippen LogP contribution in [0.4, 0.5) is 0 Å². The monoisotopic (exact) mass is 376 g/mol. The van der Waals surface area contributed by atoms with Gasteiger partial charge in [0.15, 0.2) is 5.78 Å². The van der Waals surface area contributed by atoms with E-state index in [0.29, 0.717) is 12.3 Å². The summed E-state index contributed by atoms with van der Waals surface area (Å²) in [5.74, 6) is 2.85. The molecule has 1 aromatic rings. The Morgan fingerprint density at radius 3 is 2.58 bits per heavy atom. The summed E-state index contributed by atoms with van der Waals surface area (Å²) >= 11 is 1.54. The largest absolute Gasteiger partial charge is 0.376 e. The fourth-order valence-corrected chi connectivity index (χ4v) is 7.42. The van der Waals surface area contributed by atoms with Gasteiger partial charge in [-0.05, 0) is 86.5 Å². The smallest absolute Gasteiger partial charge is 0.210 e. The minimum atomic E-state index is -0.0829. The third-order valence-corrected chi connectivity index (χ3v) is 8.18. The van der Waals surface area contributed by atoms with Gasteiger partial charge in [-0.2, -0.15) is 0 Å². The van der Waals surface area contributed by atoms with Crippen LogP contribution in [-0.2, 0) is 16.1 Å². The third kappa shape index (κ3) is 3.01. The lowest BCUT2D eigenvalue weighted by atomic mass is 9.48. The lowest BCUT2D eigenvalue weighted by Gasteiger charge is -2.56. The van der Waals surface area contributed by atoms with Crippen LogP contribution in [0.1, 0.15) is 58.3 Å². The Morgan fingerprint density at radius 2 is 1.96 bits per heavy atom. The summed E-state index contributed by atoms with van der Waals surface area (Å²) in [6, 6.07) is 0. The van der Waals surface area contributed by atoms with E-state index < -0.39 is 0 Å². The number of Topliss-reactive ketones (excluding diaryl/α,β-unsaturated/α-hetero) is 1. The fourth-order valence-electron chi connectivity index (χ4n) is 6.43. The first-order chi connectivity index (χ1) is 12.6. The molecule has 1 aliphatic heterocycles. The lowest BCUT2D eigenvalue weighted by Crippen LogP contribution is -2.51. The van der Waals surface area contributed by atoms with E-state index in [1.54, 1.807) is 0 Å². The van der Waals surface area contributed by atoms with E-state index in [1.165, 1.54) is 31.0 Å². The molecule has 5 aliphatic rings. The van der Waals surface area contributed by atoms with Gasteiger partial charge >= 0.3 is 0 Å². The molecule has 26 heavy (non-hydrogen) atoms. The quantitative estimate of drug-likeness (QED) is 0.711. The van der Waals surface area contributed by atoms with Crippen molar-refractivity contribution in [1.82, 2.24) is 20.2 Å². The highest BCUT2D eigenvalue weighted by Gasteiger charge is 2.55. The Kier molecular flexibility index (Phi) is 4.35. The molecule has 0 amide bonds. The summed E-state index contributed by atoms with van der Waals surface area (Å²) in [5, 5.41) is 12.8. The number of rotatable bonds is 6. The van der Waals surface area contributed by atoms with Crippen molar-refractivity contribution < 1.29 is 9.53 Å². The number of aromatic nitrogens is 4. The number of carbonyl (C=O) groups is 1. The first kappa shape index (κ1) is 17.2. The molecular formula is C19H28N4O2S. The Morgan fingerprint density at radius 1 is 1.27 bits per heavy atom. The van der Waals surface area contributed by atoms with Crippen molar-refractivity contribution in [3.05, 3.63) is 0 Å². The van der Waals surface area contributed by atoms with Gasteiger partial charge in [-0.15, -0.1) is 5.10 Å². The summed E-state index contributed by atoms with van der Waals surface area (Å²) < 4.78 is 7.53. The van der Waals surface area contributed by atoms with Crippen LogP contribution >= 0.6 is 11.8 Å². The second-order valence-electron chi connectivity index (χ2n) is 9.10. The van der Waals surface area contributed by atoms with Crippen LogP contribution in [0.15, 0.2) is 5.16 Å². The van der Waals surface area contributed by atoms with Gasteiger partial charge in [0.2, 0.25) is 5.16 Å². The molecule has 2 atom stereocenters. The van der Waals surface area contributed by atoms with Gasteiger partial charge in [-0.1, -0.05) is 11.8 Å². The van der Waals surface area contributed by atoms with Crippen molar-refractivity contribution in [3.8, 4) is 0 Å². The predicted molar refractivity (Wildman–Crippen MR) is 97.7 cm³/mol. The maximum atomic E-state index is 13.5. The predicted octanol–water partition coefficient (Wildman–Crippen LogP) is 3.12. The molecule has 6 rings (SSSR count). The van der Waals surface area contributed by atoms with Crippen LogP contribution in [0.5, 0.6) is 0 Å². The number of hydrogen-bond donors (Lipinski definition) is 0. The highest BCUT2D eigenvalue weighted by Crippen LogP contribution is 2.61. The van der Waals surface area contributed by atoms with Crippen molar-refractivity contribution in [3.63, 3.8) is 0 Å². The summed E-state index contributed by atoms with van der Waals surface area (Å²) in [5.41, 5.74) is -0.0476. The Labute approximate surface area is 158 Å². The summed E-state index contributed by atoms with van der Waals surface area (Å²) in [4.78, 5) is 13.5. The van der Waals surface area contributed by atoms with Gasteiger partial charge in [0.1, 0.15) is 0 Å². The Hall–Kier alpha value is -0.950. The molecule has 4 bridgehead atoms. The van der Waals surface area contributed by atoms with Gasteiger partial charge in [0, 0.05) is 12.0 Å². The maximum absolute atomic E-state index is 13.5. The third-order valence-electron chi connectivity index (χ3n) is 7.11. The average molecular weight is 377 g/mol. The lowest BCUT2D eigenvalue weighted by molar-refractivity contribution is -0.142. The van der Waals surface area contributed by atoms with Gasteiger partial charge in [-0.3, -0.25) is 4.79 Å². The summed E-state index contributed by atoms with van der Waals surface area (Å²) in [6.45, 7) is 3.57. The number of carbonyl (C=O) groups excluding carboxylic acids is 1. The number of ether oxygens (including phenoxy) is 1. The zero-order valence-electron chi connectivity index (χ0n) is 15.5. The molecule has 142 valence electrons. The second kappa shape index (κ2) is 6.59. The highest BCUT2D eigenvalue weighted by molar-refractivity contribution is 8.00. The number of tetrazole rings is 1. The molecule has 6 nitrogen and oxygen atoms in total. The van der Waals surface area contributed by atoms with E-state index in [2.05, 4.69) is 22.4 Å². The number of thioether (sulfide) groups is 1. The van der Waals surface area contributed by atoms with Crippen molar-refractivity contribution in [2.24, 2.45) is 23.2 Å². The minimum absolute atomic E-state index is 0.0476. The standard InChI is InChI=1S/C19H28N4O2S/c1-12(26-18-20-21-22-23(18)11-16-3-2-4-25-16)17(24)19-8-13-5-14(9-19)7-15(6-13)10-19/h12-16H,2-11H2,1H3/t12-,13?,14?,15?,16-,19?/m1/s1. The normalized spacial score (nSPS) is 39.4. The van der Waals surface area contributed by atoms with E-state index in [1.807, 2.05) is 4.68 Å². The van der Waals surface area contributed by atoms with Gasteiger partial charge < -0.3 is 4.74 Å². The summed E-state index contributed by atoms with van der Waals surface area (Å²) in [6.07, 6.45) is 9.86. The van der Waals surface area contributed by atoms with E-state index >= 15 is 0 Å². The Balaban J connectivity index is 1.28. The van der Waals surface area contributed by atoms with Crippen LogP contribution in [0.2, 0.25) is 0 Å². The van der Waals surface area contributed by atoms with Crippen LogP contribution in [0.25, 0.3) is 0 Å². The van der Waals surface area contributed by atoms with Crippen molar-refractivity contribution in [1.29, 1.82) is 0 Å². The molecule has 4 aliphatic carbocycles. The van der Waals surface area contributed by atoms with Crippen LogP contribution in [0.3, 0.4) is 0 Å². The van der Waals surface area contributed by atoms with Gasteiger partial charge in [-0.25, -0.2) is 4.68 Å². The molecule has 0 radical (unpaired) electrons. The Bertz CT molecular complexity index is 650. The number of hydrogen-bond acceptors (Lipinski definition) is 6. The van der Waals surface area contributed by atoms with Crippen LogP contribution < -0.4 is 0 Å². The van der Waals surface area contributed by atoms with Crippen LogP contribution in [0, 0.1) is 23.2 Å². The summed E-state index contributed by atoms with van der Waals surface area (Å²) in [7, 11) is 0. The van der Waals surface area contributed by atoms with Gasteiger partial charge in [0.05, 0.1) is 17.9 Å². The molecule has 0 unspecified atom stereocenters. The molecule has 7 heteroatoms. The average Bonchev–Trinajstić information content (AvgIpc) is 3.26. The van der Waals surface area contributed by atoms with E-state index in [-0.39, 0.29) is 16.8 Å². The molecule has 1 aromatic heterocycles. The number of ketones is 1. The zero-order valence-corrected chi connectivity index (χ0v) is 16.3. The maximum Gasteiger partial charge on any atom is 0.210 e.